The zero-order valence-electron chi connectivity index (χ0n) is 14.2. The van der Waals surface area contributed by atoms with Gasteiger partial charge in [-0.05, 0) is 61.7 Å². The Kier molecular flexibility index (Phi) is 5.65. The summed E-state index contributed by atoms with van der Waals surface area (Å²) in [5, 5.41) is 9.53. The number of carbonyl (C=O) groups excluding carboxylic acids is 1. The molecule has 7 heteroatoms. The SMILES string of the molecule is Cn1c(CNC(=O)C=Cc2cccc(OC3CCCC3)c2)n[nH]c1=S. The highest BCUT2D eigenvalue weighted by molar-refractivity contribution is 7.71. The summed E-state index contributed by atoms with van der Waals surface area (Å²) < 4.78 is 8.24. The summed E-state index contributed by atoms with van der Waals surface area (Å²) in [6.07, 6.45) is 8.34. The smallest absolute Gasteiger partial charge is 0.244 e. The van der Waals surface area contributed by atoms with E-state index in [4.69, 9.17) is 17.0 Å². The molecule has 0 saturated heterocycles. The van der Waals surface area contributed by atoms with Crippen molar-refractivity contribution in [2.75, 3.05) is 0 Å². The van der Waals surface area contributed by atoms with E-state index in [9.17, 15) is 4.79 Å². The molecule has 1 aromatic heterocycles. The number of ether oxygens (including phenoxy) is 1. The molecule has 2 N–H and O–H groups in total. The van der Waals surface area contributed by atoms with Crippen molar-refractivity contribution < 1.29 is 9.53 Å². The summed E-state index contributed by atoms with van der Waals surface area (Å²) >= 11 is 5.04. The number of hydrogen-bond acceptors (Lipinski definition) is 4. The van der Waals surface area contributed by atoms with Gasteiger partial charge in [-0.1, -0.05) is 12.1 Å². The fourth-order valence-electron chi connectivity index (χ4n) is 2.82. The maximum atomic E-state index is 12.0. The molecule has 25 heavy (non-hydrogen) atoms. The first kappa shape index (κ1) is 17.4. The first-order chi connectivity index (χ1) is 12.1. The highest BCUT2D eigenvalue weighted by atomic mass is 32.1. The number of aromatic nitrogens is 3. The topological polar surface area (TPSA) is 71.9 Å². The molecule has 0 unspecified atom stereocenters. The lowest BCUT2D eigenvalue weighted by molar-refractivity contribution is -0.116. The average molecular weight is 358 g/mol. The van der Waals surface area contributed by atoms with Crippen molar-refractivity contribution in [2.45, 2.75) is 38.3 Å². The third-order valence-electron chi connectivity index (χ3n) is 4.28. The van der Waals surface area contributed by atoms with Crippen molar-refractivity contribution in [3.63, 3.8) is 0 Å². The molecule has 1 aromatic carbocycles. The van der Waals surface area contributed by atoms with Crippen molar-refractivity contribution in [3.8, 4) is 5.75 Å². The highest BCUT2D eigenvalue weighted by Gasteiger charge is 2.16. The first-order valence-electron chi connectivity index (χ1n) is 8.45. The van der Waals surface area contributed by atoms with Crippen LogP contribution in [0, 0.1) is 4.77 Å². The number of aromatic amines is 1. The molecule has 1 heterocycles. The number of nitrogens with one attached hydrogen (secondary N) is 2. The van der Waals surface area contributed by atoms with Crippen LogP contribution in [-0.4, -0.2) is 26.8 Å². The molecule has 6 nitrogen and oxygen atoms in total. The number of hydrogen-bond donors (Lipinski definition) is 2. The fraction of sp³-hybridized carbons (Fsp3) is 0.389. The molecule has 0 bridgehead atoms. The third-order valence-corrected chi connectivity index (χ3v) is 4.65. The van der Waals surface area contributed by atoms with Crippen LogP contribution in [0.1, 0.15) is 37.1 Å². The number of H-pyrrole nitrogens is 1. The van der Waals surface area contributed by atoms with E-state index in [0.29, 0.717) is 23.2 Å². The predicted octanol–water partition coefficient (Wildman–Crippen LogP) is 3.13. The molecule has 3 rings (SSSR count). The monoisotopic (exact) mass is 358 g/mol. The second kappa shape index (κ2) is 8.11. The van der Waals surface area contributed by atoms with E-state index < -0.39 is 0 Å². The van der Waals surface area contributed by atoms with E-state index in [1.165, 1.54) is 18.9 Å². The van der Waals surface area contributed by atoms with Gasteiger partial charge in [-0.2, -0.15) is 5.10 Å². The van der Waals surface area contributed by atoms with Gasteiger partial charge in [-0.3, -0.25) is 9.89 Å². The molecule has 1 fully saturated rings. The maximum Gasteiger partial charge on any atom is 0.244 e. The van der Waals surface area contributed by atoms with Crippen LogP contribution < -0.4 is 10.1 Å². The molecule has 1 saturated carbocycles. The zero-order valence-corrected chi connectivity index (χ0v) is 15.0. The van der Waals surface area contributed by atoms with Gasteiger partial charge in [0.2, 0.25) is 5.91 Å². The van der Waals surface area contributed by atoms with Gasteiger partial charge in [-0.15, -0.1) is 0 Å². The molecule has 132 valence electrons. The van der Waals surface area contributed by atoms with Crippen LogP contribution in [0.25, 0.3) is 6.08 Å². The number of carbonyl (C=O) groups is 1. The summed E-state index contributed by atoms with van der Waals surface area (Å²) in [5.74, 6) is 1.35. The molecule has 0 spiro atoms. The van der Waals surface area contributed by atoms with Crippen molar-refractivity contribution in [1.82, 2.24) is 20.1 Å². The van der Waals surface area contributed by atoms with Crippen LogP contribution >= 0.6 is 12.2 Å². The van der Waals surface area contributed by atoms with Crippen molar-refractivity contribution in [1.29, 1.82) is 0 Å². The minimum absolute atomic E-state index is 0.184. The molecule has 1 amide bonds. The lowest BCUT2D eigenvalue weighted by Crippen LogP contribution is -2.22. The average Bonchev–Trinajstić information content (AvgIpc) is 3.23. The molecule has 0 aliphatic heterocycles. The Morgan fingerprint density at radius 3 is 3.00 bits per heavy atom. The van der Waals surface area contributed by atoms with E-state index >= 15 is 0 Å². The molecule has 2 aromatic rings. The van der Waals surface area contributed by atoms with E-state index in [1.807, 2.05) is 24.3 Å². The van der Waals surface area contributed by atoms with Crippen molar-refractivity contribution in [2.24, 2.45) is 7.05 Å². The lowest BCUT2D eigenvalue weighted by atomic mass is 10.2. The maximum absolute atomic E-state index is 12.0. The fourth-order valence-corrected chi connectivity index (χ4v) is 2.98. The predicted molar refractivity (Wildman–Crippen MR) is 98.6 cm³/mol. The number of benzene rings is 1. The lowest BCUT2D eigenvalue weighted by Gasteiger charge is -2.13. The van der Waals surface area contributed by atoms with Crippen LogP contribution in [0.15, 0.2) is 30.3 Å². The van der Waals surface area contributed by atoms with Crippen molar-refractivity contribution >= 4 is 24.2 Å². The molecule has 1 aliphatic carbocycles. The van der Waals surface area contributed by atoms with Crippen LogP contribution in [0.2, 0.25) is 0 Å². The molecule has 1 aliphatic rings. The Bertz CT molecular complexity index is 818. The molecular weight excluding hydrogens is 336 g/mol. The standard InChI is InChI=1S/C18H22N4O2S/c1-22-16(20-21-18(22)25)12-19-17(23)10-9-13-5-4-8-15(11-13)24-14-6-2-3-7-14/h4-5,8-11,14H,2-3,6-7,12H2,1H3,(H,19,23)(H,21,25). The third kappa shape index (κ3) is 4.79. The van der Waals surface area contributed by atoms with E-state index in [2.05, 4.69) is 15.5 Å². The van der Waals surface area contributed by atoms with Gasteiger partial charge in [0.15, 0.2) is 10.6 Å². The van der Waals surface area contributed by atoms with Gasteiger partial charge in [-0.25, -0.2) is 0 Å². The number of rotatable bonds is 6. The van der Waals surface area contributed by atoms with Crippen molar-refractivity contribution in [3.05, 3.63) is 46.5 Å². The summed E-state index contributed by atoms with van der Waals surface area (Å²) in [5.41, 5.74) is 0.934. The second-order valence-electron chi connectivity index (χ2n) is 6.15. The van der Waals surface area contributed by atoms with Gasteiger partial charge in [0, 0.05) is 13.1 Å². The van der Waals surface area contributed by atoms with Gasteiger partial charge >= 0.3 is 0 Å². The van der Waals surface area contributed by atoms with Gasteiger partial charge in [0.25, 0.3) is 0 Å². The number of amides is 1. The second-order valence-corrected chi connectivity index (χ2v) is 6.54. The van der Waals surface area contributed by atoms with Crippen LogP contribution in [0.4, 0.5) is 0 Å². The normalized spacial score (nSPS) is 14.9. The minimum atomic E-state index is -0.184. The Morgan fingerprint density at radius 2 is 2.28 bits per heavy atom. The summed E-state index contributed by atoms with van der Waals surface area (Å²) in [6, 6.07) is 7.80. The highest BCUT2D eigenvalue weighted by Crippen LogP contribution is 2.24. The largest absolute Gasteiger partial charge is 0.490 e. The summed E-state index contributed by atoms with van der Waals surface area (Å²) in [7, 11) is 1.80. The van der Waals surface area contributed by atoms with Gasteiger partial charge in [0.1, 0.15) is 5.75 Å². The van der Waals surface area contributed by atoms with Gasteiger partial charge in [0.05, 0.1) is 12.6 Å². The minimum Gasteiger partial charge on any atom is -0.490 e. The molecular formula is C18H22N4O2S. The van der Waals surface area contributed by atoms with Crippen LogP contribution in [0.5, 0.6) is 5.75 Å². The summed E-state index contributed by atoms with van der Waals surface area (Å²) in [4.78, 5) is 12.0. The first-order valence-corrected chi connectivity index (χ1v) is 8.85. The summed E-state index contributed by atoms with van der Waals surface area (Å²) in [6.45, 7) is 0.317. The molecule has 0 atom stereocenters. The Balaban J connectivity index is 1.54. The molecule has 0 radical (unpaired) electrons. The zero-order chi connectivity index (χ0) is 17.6. The van der Waals surface area contributed by atoms with E-state index in [0.717, 1.165) is 24.2 Å². The Morgan fingerprint density at radius 1 is 1.48 bits per heavy atom. The quantitative estimate of drug-likeness (QED) is 0.615. The van der Waals surface area contributed by atoms with Crippen LogP contribution in [-0.2, 0) is 18.4 Å². The number of nitrogens with zero attached hydrogens (tertiary/aromatic N) is 2. The van der Waals surface area contributed by atoms with Gasteiger partial charge < -0.3 is 14.6 Å². The van der Waals surface area contributed by atoms with Crippen LogP contribution in [0.3, 0.4) is 0 Å². The van der Waals surface area contributed by atoms with E-state index in [-0.39, 0.29) is 5.91 Å². The Hall–Kier alpha value is -2.41. The Labute approximate surface area is 151 Å². The van der Waals surface area contributed by atoms with E-state index in [1.54, 1.807) is 17.7 Å².